The fraction of sp³-hybridized carbons (Fsp3) is 0.500. The van der Waals surface area contributed by atoms with Gasteiger partial charge in [0.25, 0.3) is 0 Å². The standard InChI is InChI=1S/C52H72N4O5/c1-3-5-7-9-11-15-32-56(33-16-12-10-8-6-4-2)38-46-36-49(42-30-28-40(39-57)29-31-42)61-52(60-46)45-23-18-22-44(35-45)43-21-17-20-41(34-43)37-54-50(58)26-19-27-51(59)55-48-25-14-13-24-47(48)53/h13-14,17-18,20-25,28-31,34-35,46,49,52,57H,3-12,15-16,19,26-27,32-33,36-39,53H2,1-2H3,(H,54,58)(H,55,59)/t46-,49+,52+/m1/s1. The summed E-state index contributed by atoms with van der Waals surface area (Å²) in [4.78, 5) is 27.8. The lowest BCUT2D eigenvalue weighted by Gasteiger charge is -2.38. The van der Waals surface area contributed by atoms with Gasteiger partial charge in [0, 0.05) is 37.9 Å². The monoisotopic (exact) mass is 833 g/mol. The van der Waals surface area contributed by atoms with Crippen LogP contribution in [0.5, 0.6) is 0 Å². The zero-order valence-electron chi connectivity index (χ0n) is 36.9. The van der Waals surface area contributed by atoms with Crippen molar-refractivity contribution in [2.24, 2.45) is 0 Å². The summed E-state index contributed by atoms with van der Waals surface area (Å²) < 4.78 is 13.7. The van der Waals surface area contributed by atoms with Crippen LogP contribution in [0.2, 0.25) is 0 Å². The lowest BCUT2D eigenvalue weighted by Crippen LogP contribution is -2.40. The summed E-state index contributed by atoms with van der Waals surface area (Å²) in [5.74, 6) is -0.264. The second-order valence-corrected chi connectivity index (χ2v) is 16.8. The molecule has 9 nitrogen and oxygen atoms in total. The van der Waals surface area contributed by atoms with Crippen LogP contribution < -0.4 is 16.4 Å². The molecule has 0 bridgehead atoms. The zero-order valence-corrected chi connectivity index (χ0v) is 36.9. The molecule has 5 N–H and O–H groups in total. The molecule has 5 rings (SSSR count). The largest absolute Gasteiger partial charge is 0.397 e. The molecule has 3 atom stereocenters. The maximum Gasteiger partial charge on any atom is 0.224 e. The first-order valence-corrected chi connectivity index (χ1v) is 23.2. The maximum absolute atomic E-state index is 12.7. The first kappa shape index (κ1) is 47.5. The fourth-order valence-electron chi connectivity index (χ4n) is 8.09. The third-order valence-corrected chi connectivity index (χ3v) is 11.7. The smallest absolute Gasteiger partial charge is 0.224 e. The van der Waals surface area contributed by atoms with Crippen LogP contribution in [-0.2, 0) is 32.2 Å². The highest BCUT2D eigenvalue weighted by atomic mass is 16.7. The highest BCUT2D eigenvalue weighted by Gasteiger charge is 2.33. The maximum atomic E-state index is 12.7. The number of aliphatic hydroxyl groups excluding tert-OH is 1. The summed E-state index contributed by atoms with van der Waals surface area (Å²) in [5.41, 5.74) is 13.0. The Morgan fingerprint density at radius 1 is 0.672 bits per heavy atom. The van der Waals surface area contributed by atoms with Crippen LogP contribution in [0.15, 0.2) is 97.1 Å². The van der Waals surface area contributed by atoms with Crippen molar-refractivity contribution < 1.29 is 24.2 Å². The Morgan fingerprint density at radius 2 is 1.31 bits per heavy atom. The van der Waals surface area contributed by atoms with E-state index < -0.39 is 6.29 Å². The van der Waals surface area contributed by atoms with Crippen molar-refractivity contribution in [2.75, 3.05) is 30.7 Å². The van der Waals surface area contributed by atoms with Gasteiger partial charge in [-0.3, -0.25) is 9.59 Å². The van der Waals surface area contributed by atoms with Gasteiger partial charge in [0.2, 0.25) is 11.8 Å². The average molecular weight is 833 g/mol. The van der Waals surface area contributed by atoms with Crippen molar-refractivity contribution in [3.05, 3.63) is 119 Å². The van der Waals surface area contributed by atoms with Gasteiger partial charge in [-0.2, -0.15) is 0 Å². The molecule has 2 amide bonds. The number of nitrogens with zero attached hydrogens (tertiary/aromatic N) is 1. The molecule has 0 spiro atoms. The number of aliphatic hydroxyl groups is 1. The van der Waals surface area contributed by atoms with Crippen LogP contribution in [0.4, 0.5) is 11.4 Å². The Morgan fingerprint density at radius 3 is 2.00 bits per heavy atom. The Labute approximate surface area is 365 Å². The molecule has 4 aromatic rings. The van der Waals surface area contributed by atoms with Crippen molar-refractivity contribution in [3.63, 3.8) is 0 Å². The van der Waals surface area contributed by atoms with Crippen LogP contribution in [0.3, 0.4) is 0 Å². The number of hydrogen-bond donors (Lipinski definition) is 4. The molecular weight excluding hydrogens is 761 g/mol. The number of carbonyl (C=O) groups excluding carboxylic acids is 2. The highest BCUT2D eigenvalue weighted by molar-refractivity contribution is 5.94. The van der Waals surface area contributed by atoms with Crippen LogP contribution in [0, 0.1) is 0 Å². The fourth-order valence-corrected chi connectivity index (χ4v) is 8.09. The van der Waals surface area contributed by atoms with E-state index in [0.29, 0.717) is 24.3 Å². The second-order valence-electron chi connectivity index (χ2n) is 16.8. The molecule has 0 unspecified atom stereocenters. The number of benzene rings is 4. The Hall–Kier alpha value is -4.54. The molecule has 0 saturated carbocycles. The first-order valence-electron chi connectivity index (χ1n) is 23.2. The molecule has 0 radical (unpaired) electrons. The van der Waals surface area contributed by atoms with Gasteiger partial charge in [-0.1, -0.05) is 151 Å². The van der Waals surface area contributed by atoms with Crippen molar-refractivity contribution in [3.8, 4) is 11.1 Å². The summed E-state index contributed by atoms with van der Waals surface area (Å²) in [6.45, 7) is 8.01. The van der Waals surface area contributed by atoms with E-state index in [1.165, 1.54) is 77.0 Å². The molecule has 61 heavy (non-hydrogen) atoms. The summed E-state index contributed by atoms with van der Waals surface area (Å²) in [5, 5.41) is 15.6. The topological polar surface area (TPSA) is 126 Å². The van der Waals surface area contributed by atoms with Crippen LogP contribution in [0.1, 0.15) is 151 Å². The van der Waals surface area contributed by atoms with Crippen molar-refractivity contribution in [2.45, 2.75) is 148 Å². The lowest BCUT2D eigenvalue weighted by molar-refractivity contribution is -0.253. The molecule has 0 aliphatic carbocycles. The van der Waals surface area contributed by atoms with Gasteiger partial charge in [-0.15, -0.1) is 0 Å². The number of unbranched alkanes of at least 4 members (excludes halogenated alkanes) is 10. The molecule has 0 aromatic heterocycles. The number of rotatable bonds is 27. The van der Waals surface area contributed by atoms with Gasteiger partial charge in [0.05, 0.1) is 30.2 Å². The third kappa shape index (κ3) is 16.7. The Kier molecular flexibility index (Phi) is 20.8. The molecular formula is C52H72N4O5. The number of amides is 2. The molecule has 1 fully saturated rings. The molecule has 4 aromatic carbocycles. The van der Waals surface area contributed by atoms with E-state index in [1.54, 1.807) is 12.1 Å². The highest BCUT2D eigenvalue weighted by Crippen LogP contribution is 2.39. The molecule has 9 heteroatoms. The normalized spacial score (nSPS) is 16.4. The van der Waals surface area contributed by atoms with E-state index in [1.807, 2.05) is 36.4 Å². The summed E-state index contributed by atoms with van der Waals surface area (Å²) in [6, 6.07) is 31.9. The minimum atomic E-state index is -0.541. The van der Waals surface area contributed by atoms with E-state index in [4.69, 9.17) is 15.2 Å². The van der Waals surface area contributed by atoms with Crippen LogP contribution in [0.25, 0.3) is 11.1 Å². The van der Waals surface area contributed by atoms with E-state index in [9.17, 15) is 14.7 Å². The van der Waals surface area contributed by atoms with Gasteiger partial charge in [0.1, 0.15) is 0 Å². The van der Waals surface area contributed by atoms with Gasteiger partial charge in [-0.05, 0) is 84.4 Å². The van der Waals surface area contributed by atoms with Gasteiger partial charge >= 0.3 is 0 Å². The number of nitrogens with two attached hydrogens (primary N) is 1. The van der Waals surface area contributed by atoms with Crippen molar-refractivity contribution in [1.82, 2.24) is 10.2 Å². The second kappa shape index (κ2) is 26.7. The average Bonchev–Trinajstić information content (AvgIpc) is 3.28. The quantitative estimate of drug-likeness (QED) is 0.0348. The molecule has 1 heterocycles. The molecule has 330 valence electrons. The van der Waals surface area contributed by atoms with Crippen molar-refractivity contribution >= 4 is 23.2 Å². The summed E-state index contributed by atoms with van der Waals surface area (Å²) in [6.07, 6.45) is 16.4. The van der Waals surface area contributed by atoms with E-state index in [2.05, 4.69) is 77.9 Å². The predicted octanol–water partition coefficient (Wildman–Crippen LogP) is 11.4. The van der Waals surface area contributed by atoms with E-state index in [0.717, 1.165) is 59.4 Å². The van der Waals surface area contributed by atoms with Gasteiger partial charge in [-0.25, -0.2) is 0 Å². The number of nitrogen functional groups attached to an aromatic ring is 1. The molecule has 1 saturated heterocycles. The number of ether oxygens (including phenoxy) is 2. The van der Waals surface area contributed by atoms with Crippen LogP contribution >= 0.6 is 0 Å². The Balaban J connectivity index is 1.22. The van der Waals surface area contributed by atoms with Gasteiger partial charge < -0.3 is 35.8 Å². The zero-order chi connectivity index (χ0) is 43.1. The number of para-hydroxylation sites is 2. The van der Waals surface area contributed by atoms with Crippen molar-refractivity contribution in [1.29, 1.82) is 0 Å². The predicted molar refractivity (Wildman–Crippen MR) is 249 cm³/mol. The first-order chi connectivity index (χ1) is 29.8. The van der Waals surface area contributed by atoms with E-state index >= 15 is 0 Å². The number of anilines is 2. The minimum Gasteiger partial charge on any atom is -0.397 e. The number of carbonyl (C=O) groups is 2. The number of nitrogens with one attached hydrogen (secondary N) is 2. The minimum absolute atomic E-state index is 0.00547. The molecule has 1 aliphatic heterocycles. The van der Waals surface area contributed by atoms with Gasteiger partial charge in [0.15, 0.2) is 6.29 Å². The Bertz CT molecular complexity index is 1870. The lowest BCUT2D eigenvalue weighted by atomic mass is 9.98. The third-order valence-electron chi connectivity index (χ3n) is 11.7. The molecule has 1 aliphatic rings. The number of hydrogen-bond acceptors (Lipinski definition) is 7. The van der Waals surface area contributed by atoms with E-state index in [-0.39, 0.29) is 43.5 Å². The SMILES string of the molecule is CCCCCCCCN(CCCCCCCC)C[C@H]1C[C@@H](c2ccc(CO)cc2)O[C@@H](c2cccc(-c3cccc(CNC(=O)CCCC(=O)Nc4ccccc4N)c3)c2)O1. The van der Waals surface area contributed by atoms with Crippen LogP contribution in [-0.4, -0.2) is 47.6 Å². The summed E-state index contributed by atoms with van der Waals surface area (Å²) >= 11 is 0. The summed E-state index contributed by atoms with van der Waals surface area (Å²) in [7, 11) is 0.